The van der Waals surface area contributed by atoms with Crippen LogP contribution in [0.4, 0.5) is 0 Å². The van der Waals surface area contributed by atoms with Gasteiger partial charge in [-0.25, -0.2) is 8.42 Å². The van der Waals surface area contributed by atoms with Crippen molar-refractivity contribution in [2.45, 2.75) is 17.9 Å². The third kappa shape index (κ3) is 3.25. The van der Waals surface area contributed by atoms with Crippen molar-refractivity contribution in [2.24, 2.45) is 0 Å². The number of ether oxygens (including phenoxy) is 1. The molecule has 0 aliphatic carbocycles. The summed E-state index contributed by atoms with van der Waals surface area (Å²) in [6.45, 7) is 1.59. The minimum absolute atomic E-state index is 0.0975. The number of pyridine rings is 1. The van der Waals surface area contributed by atoms with Crippen molar-refractivity contribution in [3.8, 4) is 5.75 Å². The minimum Gasteiger partial charge on any atom is -0.480 e. The Hall–Kier alpha value is -1.86. The van der Waals surface area contributed by atoms with Crippen LogP contribution in [0.15, 0.2) is 35.4 Å². The summed E-state index contributed by atoms with van der Waals surface area (Å²) in [5.74, 6) is 0.0688. The van der Waals surface area contributed by atoms with E-state index in [1.165, 1.54) is 25.4 Å². The van der Waals surface area contributed by atoms with Gasteiger partial charge in [0.2, 0.25) is 0 Å². The van der Waals surface area contributed by atoms with Crippen LogP contribution in [-0.2, 0) is 13.8 Å². The van der Waals surface area contributed by atoms with E-state index in [0.717, 1.165) is 0 Å². The average Bonchev–Trinajstić information content (AvgIpc) is 2.45. The molecule has 0 radical (unpaired) electrons. The highest BCUT2D eigenvalue weighted by Crippen LogP contribution is 2.31. The average molecular weight is 329 g/mol. The summed E-state index contributed by atoms with van der Waals surface area (Å²) >= 11 is 0. The first-order valence-electron chi connectivity index (χ1n) is 6.05. The first kappa shape index (κ1) is 15.5. The molecule has 0 bridgehead atoms. The summed E-state index contributed by atoms with van der Waals surface area (Å²) in [5, 5.41) is 2.94. The van der Waals surface area contributed by atoms with E-state index < -0.39 is 15.2 Å². The molecular weight excluding hydrogens is 316 g/mol. The Kier molecular flexibility index (Phi) is 4.34. The van der Waals surface area contributed by atoms with Crippen molar-refractivity contribution in [1.82, 2.24) is 10.3 Å². The monoisotopic (exact) mass is 328 g/mol. The van der Waals surface area contributed by atoms with Crippen molar-refractivity contribution >= 4 is 36.5 Å². The zero-order valence-electron chi connectivity index (χ0n) is 11.3. The Bertz CT molecular complexity index is 792. The third-order valence-electron chi connectivity index (χ3n) is 2.87. The number of carbonyl (C=O) groups excluding carboxylic acids is 1. The molecule has 112 valence electrons. The van der Waals surface area contributed by atoms with Gasteiger partial charge in [-0.3, -0.25) is 9.78 Å². The highest BCUT2D eigenvalue weighted by atomic mass is 35.7. The largest absolute Gasteiger partial charge is 0.480 e. The molecule has 1 aromatic carbocycles. The van der Waals surface area contributed by atoms with Gasteiger partial charge in [-0.15, -0.1) is 0 Å². The van der Waals surface area contributed by atoms with E-state index in [1.54, 1.807) is 19.1 Å². The second-order valence-corrected chi connectivity index (χ2v) is 6.81. The first-order chi connectivity index (χ1) is 9.84. The summed E-state index contributed by atoms with van der Waals surface area (Å²) < 4.78 is 28.7. The fraction of sp³-hybridized carbons (Fsp3) is 0.231. The molecule has 0 aliphatic heterocycles. The van der Waals surface area contributed by atoms with Crippen LogP contribution in [-0.4, -0.2) is 32.5 Å². The molecule has 0 spiro atoms. The smallest absolute Gasteiger partial charge is 0.263 e. The van der Waals surface area contributed by atoms with Gasteiger partial charge in [0.15, 0.2) is 6.10 Å². The second kappa shape index (κ2) is 5.87. The lowest BCUT2D eigenvalue weighted by atomic mass is 10.2. The number of hydrogen-bond donors (Lipinski definition) is 1. The molecule has 1 aromatic heterocycles. The van der Waals surface area contributed by atoms with E-state index in [0.29, 0.717) is 11.1 Å². The lowest BCUT2D eigenvalue weighted by Crippen LogP contribution is -2.33. The number of halogens is 1. The standard InChI is InChI=1S/C13H13ClN2O4S/c1-8(13(17)15-2)20-10-5-6-11(21(14,18)19)12-9(10)4-3-7-16-12/h3-8H,1-2H3,(H,15,17). The van der Waals surface area contributed by atoms with Crippen LogP contribution in [0.25, 0.3) is 10.9 Å². The van der Waals surface area contributed by atoms with Gasteiger partial charge in [0.05, 0.1) is 5.52 Å². The van der Waals surface area contributed by atoms with Crippen LogP contribution in [0.5, 0.6) is 5.75 Å². The number of aromatic nitrogens is 1. The zero-order valence-corrected chi connectivity index (χ0v) is 12.9. The van der Waals surface area contributed by atoms with Crippen molar-refractivity contribution in [2.75, 3.05) is 7.05 Å². The molecular formula is C13H13ClN2O4S. The topological polar surface area (TPSA) is 85.4 Å². The molecule has 2 aromatic rings. The normalized spacial score (nSPS) is 12.9. The van der Waals surface area contributed by atoms with Gasteiger partial charge in [-0.2, -0.15) is 0 Å². The minimum atomic E-state index is -3.92. The molecule has 0 fully saturated rings. The zero-order chi connectivity index (χ0) is 15.6. The summed E-state index contributed by atoms with van der Waals surface area (Å²) in [4.78, 5) is 15.4. The van der Waals surface area contributed by atoms with Crippen molar-refractivity contribution in [3.05, 3.63) is 30.5 Å². The molecule has 1 heterocycles. The Balaban J connectivity index is 2.56. The SMILES string of the molecule is CNC(=O)C(C)Oc1ccc(S(=O)(=O)Cl)c2ncccc12. The van der Waals surface area contributed by atoms with Gasteiger partial charge in [0.25, 0.3) is 15.0 Å². The van der Waals surface area contributed by atoms with Crippen LogP contribution < -0.4 is 10.1 Å². The number of fused-ring (bicyclic) bond motifs is 1. The molecule has 1 N–H and O–H groups in total. The van der Waals surface area contributed by atoms with Crippen LogP contribution >= 0.6 is 10.7 Å². The van der Waals surface area contributed by atoms with Gasteiger partial charge in [0.1, 0.15) is 10.6 Å². The third-order valence-corrected chi connectivity index (χ3v) is 4.23. The number of nitrogens with zero attached hydrogens (tertiary/aromatic N) is 1. The molecule has 0 saturated carbocycles. The van der Waals surface area contributed by atoms with Crippen molar-refractivity contribution < 1.29 is 17.9 Å². The second-order valence-electron chi connectivity index (χ2n) is 4.27. The van der Waals surface area contributed by atoms with Gasteiger partial charge < -0.3 is 10.1 Å². The van der Waals surface area contributed by atoms with Gasteiger partial charge in [-0.05, 0) is 31.2 Å². The predicted molar refractivity (Wildman–Crippen MR) is 78.9 cm³/mol. The molecule has 21 heavy (non-hydrogen) atoms. The molecule has 1 atom stereocenters. The quantitative estimate of drug-likeness (QED) is 0.863. The molecule has 1 unspecified atom stereocenters. The van der Waals surface area contributed by atoms with Crippen molar-refractivity contribution in [1.29, 1.82) is 0 Å². The molecule has 1 amide bonds. The van der Waals surface area contributed by atoms with Gasteiger partial charge in [0, 0.05) is 29.3 Å². The maximum absolute atomic E-state index is 11.6. The molecule has 6 nitrogen and oxygen atoms in total. The Morgan fingerprint density at radius 1 is 1.38 bits per heavy atom. The number of benzene rings is 1. The number of amides is 1. The Labute approximate surface area is 126 Å². The highest BCUT2D eigenvalue weighted by molar-refractivity contribution is 8.14. The Morgan fingerprint density at radius 3 is 2.71 bits per heavy atom. The van der Waals surface area contributed by atoms with Crippen LogP contribution in [0.2, 0.25) is 0 Å². The summed E-state index contributed by atoms with van der Waals surface area (Å²) in [6, 6.07) is 6.06. The van der Waals surface area contributed by atoms with Crippen LogP contribution in [0.1, 0.15) is 6.92 Å². The summed E-state index contributed by atoms with van der Waals surface area (Å²) in [5.41, 5.74) is 0.203. The van der Waals surface area contributed by atoms with E-state index in [1.807, 2.05) is 0 Å². The lowest BCUT2D eigenvalue weighted by Gasteiger charge is -2.15. The van der Waals surface area contributed by atoms with Gasteiger partial charge >= 0.3 is 0 Å². The maximum atomic E-state index is 11.6. The maximum Gasteiger partial charge on any atom is 0.263 e. The van der Waals surface area contributed by atoms with Crippen LogP contribution in [0, 0.1) is 0 Å². The van der Waals surface area contributed by atoms with E-state index >= 15 is 0 Å². The predicted octanol–water partition coefficient (Wildman–Crippen LogP) is 1.68. The number of nitrogens with one attached hydrogen (secondary N) is 1. The number of likely N-dealkylation sites (N-methyl/N-ethyl adjacent to an activating group) is 1. The number of rotatable bonds is 4. The van der Waals surface area contributed by atoms with Crippen molar-refractivity contribution in [3.63, 3.8) is 0 Å². The lowest BCUT2D eigenvalue weighted by molar-refractivity contribution is -0.126. The first-order valence-corrected chi connectivity index (χ1v) is 8.36. The van der Waals surface area contributed by atoms with E-state index in [-0.39, 0.29) is 16.3 Å². The molecule has 2 rings (SSSR count). The number of hydrogen-bond acceptors (Lipinski definition) is 5. The van der Waals surface area contributed by atoms with Crippen LogP contribution in [0.3, 0.4) is 0 Å². The fourth-order valence-electron chi connectivity index (χ4n) is 1.87. The molecule has 0 saturated heterocycles. The summed E-state index contributed by atoms with van der Waals surface area (Å²) in [6.07, 6.45) is 0.733. The Morgan fingerprint density at radius 2 is 2.10 bits per heavy atom. The molecule has 0 aliphatic rings. The molecule has 8 heteroatoms. The highest BCUT2D eigenvalue weighted by Gasteiger charge is 2.20. The van der Waals surface area contributed by atoms with Gasteiger partial charge in [-0.1, -0.05) is 0 Å². The fourth-order valence-corrected chi connectivity index (χ4v) is 2.87. The van der Waals surface area contributed by atoms with E-state index in [9.17, 15) is 13.2 Å². The summed E-state index contributed by atoms with van der Waals surface area (Å²) in [7, 11) is 2.98. The van der Waals surface area contributed by atoms with E-state index in [2.05, 4.69) is 10.3 Å². The van der Waals surface area contributed by atoms with E-state index in [4.69, 9.17) is 15.4 Å². The number of carbonyl (C=O) groups is 1.